The molecule has 1 aromatic carbocycles. The van der Waals surface area contributed by atoms with Gasteiger partial charge in [-0.2, -0.15) is 0 Å². The van der Waals surface area contributed by atoms with Gasteiger partial charge in [-0.25, -0.2) is 0 Å². The summed E-state index contributed by atoms with van der Waals surface area (Å²) in [4.78, 5) is 0. The Kier molecular flexibility index (Phi) is 4.84. The molecule has 0 aromatic heterocycles. The maximum atomic E-state index is 6.25. The maximum Gasteiger partial charge on any atom is 0.125 e. The van der Waals surface area contributed by atoms with Crippen LogP contribution >= 0.6 is 0 Å². The first kappa shape index (κ1) is 14.9. The minimum Gasteiger partial charge on any atom is -0.493 e. The van der Waals surface area contributed by atoms with Gasteiger partial charge in [-0.15, -0.1) is 0 Å². The van der Waals surface area contributed by atoms with Gasteiger partial charge in [0.2, 0.25) is 0 Å². The molecule has 1 heterocycles. The number of rotatable bonds is 5. The van der Waals surface area contributed by atoms with Gasteiger partial charge in [-0.05, 0) is 82.0 Å². The molecule has 1 saturated carbocycles. The molecule has 1 saturated heterocycles. The Hall–Kier alpha value is -1.02. The smallest absolute Gasteiger partial charge is 0.125 e. The van der Waals surface area contributed by atoms with Crippen molar-refractivity contribution in [2.45, 2.75) is 52.4 Å². The number of benzene rings is 1. The van der Waals surface area contributed by atoms with Crippen LogP contribution in [0.2, 0.25) is 0 Å². The van der Waals surface area contributed by atoms with E-state index in [9.17, 15) is 0 Å². The van der Waals surface area contributed by atoms with Crippen molar-refractivity contribution in [1.29, 1.82) is 0 Å². The lowest BCUT2D eigenvalue weighted by molar-refractivity contribution is 0.178. The van der Waals surface area contributed by atoms with E-state index in [0.717, 1.165) is 18.4 Å². The fourth-order valence-corrected chi connectivity index (χ4v) is 3.66. The molecule has 0 atom stereocenters. The van der Waals surface area contributed by atoms with Gasteiger partial charge in [0.25, 0.3) is 0 Å². The lowest BCUT2D eigenvalue weighted by Crippen LogP contribution is -2.29. The molecule has 1 N–H and O–H groups in total. The van der Waals surface area contributed by atoms with E-state index in [-0.39, 0.29) is 0 Å². The zero-order valence-corrected chi connectivity index (χ0v) is 13.6. The van der Waals surface area contributed by atoms with Crippen molar-refractivity contribution in [3.8, 4) is 5.75 Å². The van der Waals surface area contributed by atoms with Crippen LogP contribution in [0.5, 0.6) is 5.75 Å². The predicted molar refractivity (Wildman–Crippen MR) is 88.0 cm³/mol. The molecule has 3 rings (SSSR count). The van der Waals surface area contributed by atoms with Gasteiger partial charge in [0.1, 0.15) is 5.75 Å². The van der Waals surface area contributed by atoms with Crippen molar-refractivity contribution >= 4 is 0 Å². The Morgan fingerprint density at radius 3 is 2.48 bits per heavy atom. The Labute approximate surface area is 129 Å². The minimum atomic E-state index is 0.803. The summed E-state index contributed by atoms with van der Waals surface area (Å²) in [7, 11) is 0. The van der Waals surface area contributed by atoms with Crippen LogP contribution in [0.25, 0.3) is 0 Å². The zero-order valence-electron chi connectivity index (χ0n) is 13.6. The van der Waals surface area contributed by atoms with Crippen molar-refractivity contribution in [1.82, 2.24) is 5.32 Å². The molecule has 0 bridgehead atoms. The van der Waals surface area contributed by atoms with Crippen LogP contribution in [0.15, 0.2) is 12.1 Å². The SMILES string of the molecule is Cc1cc(C)c(OCC2CCC2)c(CC2CCNCC2)c1. The van der Waals surface area contributed by atoms with E-state index < -0.39 is 0 Å². The van der Waals surface area contributed by atoms with Crippen LogP contribution in [0.1, 0.15) is 48.8 Å². The zero-order chi connectivity index (χ0) is 14.7. The number of piperidine rings is 1. The highest BCUT2D eigenvalue weighted by atomic mass is 16.5. The second-order valence-electron chi connectivity index (χ2n) is 7.08. The quantitative estimate of drug-likeness (QED) is 0.883. The summed E-state index contributed by atoms with van der Waals surface area (Å²) in [6.07, 6.45) is 7.89. The summed E-state index contributed by atoms with van der Waals surface area (Å²) in [6, 6.07) is 4.62. The van der Waals surface area contributed by atoms with Crippen LogP contribution in [-0.2, 0) is 6.42 Å². The largest absolute Gasteiger partial charge is 0.493 e. The predicted octanol–water partition coefficient (Wildman–Crippen LogP) is 4.02. The average Bonchev–Trinajstić information content (AvgIpc) is 2.41. The Morgan fingerprint density at radius 2 is 1.81 bits per heavy atom. The second-order valence-corrected chi connectivity index (χ2v) is 7.08. The molecule has 1 aliphatic heterocycles. The number of ether oxygens (including phenoxy) is 1. The molecule has 0 spiro atoms. The standard InChI is InChI=1S/C19H29NO/c1-14-10-15(2)19(21-13-17-4-3-5-17)18(11-14)12-16-6-8-20-9-7-16/h10-11,16-17,20H,3-9,12-13H2,1-2H3. The molecule has 2 aliphatic rings. The topological polar surface area (TPSA) is 21.3 Å². The molecule has 2 fully saturated rings. The molecule has 1 aromatic rings. The summed E-state index contributed by atoms with van der Waals surface area (Å²) in [5.41, 5.74) is 4.13. The van der Waals surface area contributed by atoms with Gasteiger partial charge in [-0.1, -0.05) is 24.1 Å². The van der Waals surface area contributed by atoms with E-state index >= 15 is 0 Å². The fraction of sp³-hybridized carbons (Fsp3) is 0.684. The molecule has 2 heteroatoms. The second kappa shape index (κ2) is 6.83. The van der Waals surface area contributed by atoms with Gasteiger partial charge >= 0.3 is 0 Å². The molecule has 0 radical (unpaired) electrons. The van der Waals surface area contributed by atoms with E-state index in [0.29, 0.717) is 0 Å². The minimum absolute atomic E-state index is 0.803. The van der Waals surface area contributed by atoms with Gasteiger partial charge in [0.15, 0.2) is 0 Å². The highest BCUT2D eigenvalue weighted by Gasteiger charge is 2.21. The summed E-state index contributed by atoms with van der Waals surface area (Å²) >= 11 is 0. The van der Waals surface area contributed by atoms with Gasteiger partial charge < -0.3 is 10.1 Å². The van der Waals surface area contributed by atoms with Crippen molar-refractivity contribution < 1.29 is 4.74 Å². The first-order valence-corrected chi connectivity index (χ1v) is 8.66. The first-order valence-electron chi connectivity index (χ1n) is 8.66. The highest BCUT2D eigenvalue weighted by molar-refractivity contribution is 5.44. The van der Waals surface area contributed by atoms with E-state index in [4.69, 9.17) is 4.74 Å². The third-order valence-corrected chi connectivity index (χ3v) is 5.15. The van der Waals surface area contributed by atoms with E-state index in [1.807, 2.05) is 0 Å². The van der Waals surface area contributed by atoms with E-state index in [2.05, 4.69) is 31.3 Å². The van der Waals surface area contributed by atoms with Crippen LogP contribution < -0.4 is 10.1 Å². The molecule has 2 nitrogen and oxygen atoms in total. The van der Waals surface area contributed by atoms with Crippen molar-refractivity contribution in [2.75, 3.05) is 19.7 Å². The number of hydrogen-bond donors (Lipinski definition) is 1. The Balaban J connectivity index is 1.72. The molecule has 21 heavy (non-hydrogen) atoms. The normalized spacial score (nSPS) is 20.3. The van der Waals surface area contributed by atoms with Crippen LogP contribution in [0.4, 0.5) is 0 Å². The molecule has 1 aliphatic carbocycles. The number of nitrogens with one attached hydrogen (secondary N) is 1. The summed E-state index contributed by atoms with van der Waals surface area (Å²) in [5.74, 6) is 2.81. The van der Waals surface area contributed by atoms with E-state index in [1.165, 1.54) is 74.1 Å². The van der Waals surface area contributed by atoms with Gasteiger partial charge in [-0.3, -0.25) is 0 Å². The molecule has 0 amide bonds. The highest BCUT2D eigenvalue weighted by Crippen LogP contribution is 2.32. The molecule has 116 valence electrons. The van der Waals surface area contributed by atoms with Crippen molar-refractivity contribution in [3.05, 3.63) is 28.8 Å². The van der Waals surface area contributed by atoms with Crippen LogP contribution in [0.3, 0.4) is 0 Å². The third kappa shape index (κ3) is 3.79. The fourth-order valence-electron chi connectivity index (χ4n) is 3.66. The number of aryl methyl sites for hydroxylation is 2. The summed E-state index contributed by atoms with van der Waals surface area (Å²) < 4.78 is 6.25. The van der Waals surface area contributed by atoms with Crippen LogP contribution in [0, 0.1) is 25.7 Å². The lowest BCUT2D eigenvalue weighted by atomic mass is 9.86. The maximum absolute atomic E-state index is 6.25. The summed E-state index contributed by atoms with van der Waals surface area (Å²) in [6.45, 7) is 7.67. The van der Waals surface area contributed by atoms with Crippen molar-refractivity contribution in [2.24, 2.45) is 11.8 Å². The number of hydrogen-bond acceptors (Lipinski definition) is 2. The average molecular weight is 287 g/mol. The Morgan fingerprint density at radius 1 is 1.05 bits per heavy atom. The Bertz CT molecular complexity index is 473. The van der Waals surface area contributed by atoms with Crippen molar-refractivity contribution in [3.63, 3.8) is 0 Å². The summed E-state index contributed by atoms with van der Waals surface area (Å²) in [5, 5.41) is 3.46. The lowest BCUT2D eigenvalue weighted by Gasteiger charge is -2.28. The monoisotopic (exact) mass is 287 g/mol. The molecule has 0 unspecified atom stereocenters. The molecular formula is C19H29NO. The van der Waals surface area contributed by atoms with Gasteiger partial charge in [0.05, 0.1) is 6.61 Å². The third-order valence-electron chi connectivity index (χ3n) is 5.15. The van der Waals surface area contributed by atoms with Crippen LogP contribution in [-0.4, -0.2) is 19.7 Å². The molecular weight excluding hydrogens is 258 g/mol. The first-order chi connectivity index (χ1) is 10.2. The van der Waals surface area contributed by atoms with Gasteiger partial charge in [0, 0.05) is 0 Å². The van der Waals surface area contributed by atoms with E-state index in [1.54, 1.807) is 0 Å².